The van der Waals surface area contributed by atoms with Crippen molar-refractivity contribution >= 4 is 5.91 Å². The van der Waals surface area contributed by atoms with Gasteiger partial charge >= 0.3 is 0 Å². The average molecular weight is 313 g/mol. The Bertz CT molecular complexity index is 666. The van der Waals surface area contributed by atoms with Crippen LogP contribution in [-0.4, -0.2) is 28.1 Å². The molecule has 1 atom stereocenters. The van der Waals surface area contributed by atoms with Crippen LogP contribution in [0.1, 0.15) is 30.7 Å². The van der Waals surface area contributed by atoms with Crippen molar-refractivity contribution in [1.29, 1.82) is 0 Å². The molecule has 0 aliphatic carbocycles. The zero-order chi connectivity index (χ0) is 16.1. The van der Waals surface area contributed by atoms with E-state index in [0.717, 1.165) is 37.4 Å². The largest absolute Gasteiger partial charge is 0.494 e. The molecule has 2 aromatic rings. The summed E-state index contributed by atoms with van der Waals surface area (Å²) in [4.78, 5) is 16.3. The molecule has 0 saturated heterocycles. The molecule has 0 unspecified atom stereocenters. The number of hydrogen-bond acceptors (Lipinski definition) is 3. The molecule has 2 heterocycles. The standard InChI is InChI=1S/C18H23N3O2/c1-14-4-2-5-16(12-14)23-11-3-6-18(22)20-15-7-8-17-19-9-10-21(17)13-15/h2,4-5,9-10,12,15H,3,6-8,11,13H2,1H3,(H,20,22)/t15-/m0/s1. The molecule has 1 N–H and O–H groups in total. The monoisotopic (exact) mass is 313 g/mol. The highest BCUT2D eigenvalue weighted by Crippen LogP contribution is 2.14. The van der Waals surface area contributed by atoms with Gasteiger partial charge in [0, 0.05) is 37.8 Å². The number of carbonyl (C=O) groups excluding carboxylic acids is 1. The zero-order valence-electron chi connectivity index (χ0n) is 13.5. The van der Waals surface area contributed by atoms with E-state index in [9.17, 15) is 4.79 Å². The number of ether oxygens (including phenoxy) is 1. The number of nitrogens with one attached hydrogen (secondary N) is 1. The third kappa shape index (κ3) is 4.34. The predicted molar refractivity (Wildman–Crippen MR) is 88.4 cm³/mol. The first kappa shape index (κ1) is 15.6. The number of nitrogens with zero attached hydrogens (tertiary/aromatic N) is 2. The van der Waals surface area contributed by atoms with Crippen LogP contribution in [0.25, 0.3) is 0 Å². The highest BCUT2D eigenvalue weighted by atomic mass is 16.5. The predicted octanol–water partition coefficient (Wildman–Crippen LogP) is 2.48. The van der Waals surface area contributed by atoms with Gasteiger partial charge in [-0.15, -0.1) is 0 Å². The molecule has 0 spiro atoms. The van der Waals surface area contributed by atoms with Crippen LogP contribution < -0.4 is 10.1 Å². The van der Waals surface area contributed by atoms with E-state index in [0.29, 0.717) is 13.0 Å². The van der Waals surface area contributed by atoms with Crippen LogP contribution in [0, 0.1) is 6.92 Å². The second-order valence-corrected chi connectivity index (χ2v) is 6.07. The lowest BCUT2D eigenvalue weighted by Gasteiger charge is -2.24. The fourth-order valence-electron chi connectivity index (χ4n) is 2.91. The third-order valence-corrected chi connectivity index (χ3v) is 4.11. The molecule has 3 rings (SSSR count). The lowest BCUT2D eigenvalue weighted by Crippen LogP contribution is -2.40. The maximum Gasteiger partial charge on any atom is 0.220 e. The summed E-state index contributed by atoms with van der Waals surface area (Å²) >= 11 is 0. The summed E-state index contributed by atoms with van der Waals surface area (Å²) in [6.07, 6.45) is 6.91. The van der Waals surface area contributed by atoms with Crippen molar-refractivity contribution in [3.05, 3.63) is 48.0 Å². The van der Waals surface area contributed by atoms with Crippen molar-refractivity contribution in [1.82, 2.24) is 14.9 Å². The van der Waals surface area contributed by atoms with Crippen molar-refractivity contribution in [3.8, 4) is 5.75 Å². The van der Waals surface area contributed by atoms with Crippen molar-refractivity contribution in [2.75, 3.05) is 6.61 Å². The van der Waals surface area contributed by atoms with E-state index < -0.39 is 0 Å². The normalized spacial score (nSPS) is 16.7. The number of aromatic nitrogens is 2. The Morgan fingerprint density at radius 2 is 2.39 bits per heavy atom. The Hall–Kier alpha value is -2.30. The minimum Gasteiger partial charge on any atom is -0.494 e. The van der Waals surface area contributed by atoms with E-state index in [2.05, 4.69) is 14.9 Å². The molecule has 0 saturated carbocycles. The number of benzene rings is 1. The van der Waals surface area contributed by atoms with Gasteiger partial charge in [-0.1, -0.05) is 12.1 Å². The molecule has 0 radical (unpaired) electrons. The Morgan fingerprint density at radius 1 is 1.48 bits per heavy atom. The average Bonchev–Trinajstić information content (AvgIpc) is 2.99. The number of aryl methyl sites for hydroxylation is 2. The molecule has 23 heavy (non-hydrogen) atoms. The first-order chi connectivity index (χ1) is 11.2. The van der Waals surface area contributed by atoms with Gasteiger partial charge in [0.25, 0.3) is 0 Å². The van der Waals surface area contributed by atoms with Crippen LogP contribution >= 0.6 is 0 Å². The molecule has 0 fully saturated rings. The van der Waals surface area contributed by atoms with Gasteiger partial charge in [0.15, 0.2) is 0 Å². The van der Waals surface area contributed by atoms with Gasteiger partial charge in [0.2, 0.25) is 5.91 Å². The highest BCUT2D eigenvalue weighted by molar-refractivity contribution is 5.76. The van der Waals surface area contributed by atoms with Crippen LogP contribution in [0.3, 0.4) is 0 Å². The van der Waals surface area contributed by atoms with Crippen molar-refractivity contribution in [2.24, 2.45) is 0 Å². The molecule has 0 bridgehead atoms. The van der Waals surface area contributed by atoms with Gasteiger partial charge in [0.05, 0.1) is 6.61 Å². The molecule has 1 aromatic heterocycles. The minimum absolute atomic E-state index is 0.103. The Morgan fingerprint density at radius 3 is 3.26 bits per heavy atom. The number of hydrogen-bond donors (Lipinski definition) is 1. The summed E-state index contributed by atoms with van der Waals surface area (Å²) in [5, 5.41) is 3.11. The van der Waals surface area contributed by atoms with E-state index in [1.165, 1.54) is 5.56 Å². The van der Waals surface area contributed by atoms with Gasteiger partial charge in [0.1, 0.15) is 11.6 Å². The Balaban J connectivity index is 1.35. The summed E-state index contributed by atoms with van der Waals surface area (Å²) in [7, 11) is 0. The van der Waals surface area contributed by atoms with E-state index in [1.54, 1.807) is 0 Å². The van der Waals surface area contributed by atoms with Crippen molar-refractivity contribution in [2.45, 2.75) is 45.2 Å². The summed E-state index contributed by atoms with van der Waals surface area (Å²) in [6.45, 7) is 3.42. The smallest absolute Gasteiger partial charge is 0.220 e. The second kappa shape index (κ2) is 7.31. The fraction of sp³-hybridized carbons (Fsp3) is 0.444. The first-order valence-electron chi connectivity index (χ1n) is 8.19. The van der Waals surface area contributed by atoms with Crippen LogP contribution in [0.2, 0.25) is 0 Å². The van der Waals surface area contributed by atoms with Crippen LogP contribution in [0.15, 0.2) is 36.7 Å². The number of amides is 1. The minimum atomic E-state index is 0.103. The SMILES string of the molecule is Cc1cccc(OCCCC(=O)N[C@H]2CCc3nccn3C2)c1. The first-order valence-corrected chi connectivity index (χ1v) is 8.19. The fourth-order valence-corrected chi connectivity index (χ4v) is 2.91. The molecule has 5 nitrogen and oxygen atoms in total. The number of carbonyl (C=O) groups is 1. The van der Waals surface area contributed by atoms with E-state index in [4.69, 9.17) is 4.74 Å². The summed E-state index contributed by atoms with van der Waals surface area (Å²) in [6, 6.07) is 8.17. The van der Waals surface area contributed by atoms with E-state index in [1.807, 2.05) is 43.6 Å². The summed E-state index contributed by atoms with van der Waals surface area (Å²) in [5.41, 5.74) is 1.18. The van der Waals surface area contributed by atoms with Gasteiger partial charge in [-0.25, -0.2) is 4.98 Å². The highest BCUT2D eigenvalue weighted by Gasteiger charge is 2.19. The Kier molecular flexibility index (Phi) is 4.95. The van der Waals surface area contributed by atoms with Crippen molar-refractivity contribution < 1.29 is 9.53 Å². The number of fused-ring (bicyclic) bond motifs is 1. The zero-order valence-corrected chi connectivity index (χ0v) is 13.5. The summed E-state index contributed by atoms with van der Waals surface area (Å²) < 4.78 is 7.79. The van der Waals surface area contributed by atoms with E-state index in [-0.39, 0.29) is 11.9 Å². The molecular weight excluding hydrogens is 290 g/mol. The van der Waals surface area contributed by atoms with Crippen LogP contribution in [-0.2, 0) is 17.8 Å². The molecule has 1 aromatic carbocycles. The molecule has 122 valence electrons. The van der Waals surface area contributed by atoms with Gasteiger partial charge in [-0.3, -0.25) is 4.79 Å². The van der Waals surface area contributed by atoms with Crippen LogP contribution in [0.5, 0.6) is 5.75 Å². The molecule has 1 aliphatic rings. The van der Waals surface area contributed by atoms with Crippen LogP contribution in [0.4, 0.5) is 0 Å². The molecule has 1 aliphatic heterocycles. The van der Waals surface area contributed by atoms with Crippen molar-refractivity contribution in [3.63, 3.8) is 0 Å². The number of imidazole rings is 1. The summed E-state index contributed by atoms with van der Waals surface area (Å²) in [5.74, 6) is 2.08. The van der Waals surface area contributed by atoms with Gasteiger partial charge in [-0.05, 0) is 37.5 Å². The van der Waals surface area contributed by atoms with Gasteiger partial charge in [-0.2, -0.15) is 0 Å². The molecule has 5 heteroatoms. The Labute approximate surface area is 136 Å². The second-order valence-electron chi connectivity index (χ2n) is 6.07. The third-order valence-electron chi connectivity index (χ3n) is 4.11. The maximum atomic E-state index is 12.0. The molecular formula is C18H23N3O2. The number of rotatable bonds is 6. The topological polar surface area (TPSA) is 56.1 Å². The van der Waals surface area contributed by atoms with Gasteiger partial charge < -0.3 is 14.6 Å². The maximum absolute atomic E-state index is 12.0. The quantitative estimate of drug-likeness (QED) is 0.834. The lowest BCUT2D eigenvalue weighted by molar-refractivity contribution is -0.122. The lowest BCUT2D eigenvalue weighted by atomic mass is 10.1. The van der Waals surface area contributed by atoms with E-state index >= 15 is 0 Å². The molecule has 1 amide bonds.